The fourth-order valence-electron chi connectivity index (χ4n) is 4.69. The number of fused-ring (bicyclic) bond motifs is 1. The summed E-state index contributed by atoms with van der Waals surface area (Å²) in [5.41, 5.74) is 2.17. The Labute approximate surface area is 215 Å². The van der Waals surface area contributed by atoms with Crippen LogP contribution < -0.4 is 14.2 Å². The lowest BCUT2D eigenvalue weighted by Crippen LogP contribution is -2.31. The highest BCUT2D eigenvalue weighted by Crippen LogP contribution is 2.41. The second-order valence-corrected chi connectivity index (χ2v) is 9.01. The van der Waals surface area contributed by atoms with E-state index in [1.807, 2.05) is 61.5 Å². The van der Waals surface area contributed by atoms with Crippen LogP contribution in [0, 0.1) is 0 Å². The van der Waals surface area contributed by atoms with Gasteiger partial charge < -0.3 is 24.2 Å². The molecule has 1 fully saturated rings. The number of hydrogen-bond acceptors (Lipinski definition) is 6. The summed E-state index contributed by atoms with van der Waals surface area (Å²) in [6.07, 6.45) is 1.42. The van der Waals surface area contributed by atoms with Crippen molar-refractivity contribution in [3.05, 3.63) is 95.1 Å². The number of aliphatic hydroxyl groups excluding tert-OH is 1. The van der Waals surface area contributed by atoms with E-state index in [0.29, 0.717) is 61.2 Å². The summed E-state index contributed by atoms with van der Waals surface area (Å²) >= 11 is 0. The fourth-order valence-corrected chi connectivity index (χ4v) is 4.69. The van der Waals surface area contributed by atoms with Crippen molar-refractivity contribution in [1.29, 1.82) is 0 Å². The molecule has 37 heavy (non-hydrogen) atoms. The summed E-state index contributed by atoms with van der Waals surface area (Å²) < 4.78 is 17.1. The summed E-state index contributed by atoms with van der Waals surface area (Å²) in [6, 6.07) is 21.4. The molecule has 3 aromatic rings. The quantitative estimate of drug-likeness (QED) is 0.269. The van der Waals surface area contributed by atoms with Crippen LogP contribution in [0.5, 0.6) is 17.2 Å². The molecule has 0 aromatic heterocycles. The summed E-state index contributed by atoms with van der Waals surface area (Å²) in [5, 5.41) is 11.4. The van der Waals surface area contributed by atoms with Crippen LogP contribution >= 0.6 is 0 Å². The normalized spacial score (nSPS) is 18.2. The van der Waals surface area contributed by atoms with Crippen molar-refractivity contribution < 1.29 is 28.9 Å². The summed E-state index contributed by atoms with van der Waals surface area (Å²) in [4.78, 5) is 28.2. The molecule has 2 aliphatic heterocycles. The average Bonchev–Trinajstić information content (AvgIpc) is 3.20. The maximum atomic E-state index is 13.4. The van der Waals surface area contributed by atoms with Crippen LogP contribution in [0.3, 0.4) is 0 Å². The molecule has 7 heteroatoms. The van der Waals surface area contributed by atoms with E-state index in [0.717, 1.165) is 12.0 Å². The van der Waals surface area contributed by atoms with Gasteiger partial charge in [0.05, 0.1) is 18.2 Å². The van der Waals surface area contributed by atoms with Crippen molar-refractivity contribution in [3.63, 3.8) is 0 Å². The first-order valence-corrected chi connectivity index (χ1v) is 12.5. The number of nitrogens with zero attached hydrogens (tertiary/aromatic N) is 1. The van der Waals surface area contributed by atoms with E-state index in [1.54, 1.807) is 18.2 Å². The van der Waals surface area contributed by atoms with E-state index in [1.165, 1.54) is 4.90 Å². The minimum Gasteiger partial charge on any atom is -0.507 e. The zero-order valence-corrected chi connectivity index (χ0v) is 20.7. The predicted molar refractivity (Wildman–Crippen MR) is 139 cm³/mol. The van der Waals surface area contributed by atoms with Gasteiger partial charge in [-0.1, -0.05) is 49.4 Å². The van der Waals surface area contributed by atoms with E-state index in [-0.39, 0.29) is 11.3 Å². The van der Waals surface area contributed by atoms with Crippen molar-refractivity contribution in [2.24, 2.45) is 0 Å². The zero-order chi connectivity index (χ0) is 25.8. The number of hydrogen-bond donors (Lipinski definition) is 1. The molecule has 7 nitrogen and oxygen atoms in total. The minimum absolute atomic E-state index is 0.0439. The molecule has 3 aromatic carbocycles. The third-order valence-electron chi connectivity index (χ3n) is 6.49. The number of aliphatic hydroxyl groups is 1. The monoisotopic (exact) mass is 499 g/mol. The highest BCUT2D eigenvalue weighted by Gasteiger charge is 2.46. The van der Waals surface area contributed by atoms with Gasteiger partial charge >= 0.3 is 0 Å². The molecule has 0 radical (unpaired) electrons. The Balaban J connectivity index is 1.57. The van der Waals surface area contributed by atoms with Gasteiger partial charge in [0.2, 0.25) is 0 Å². The van der Waals surface area contributed by atoms with Gasteiger partial charge in [0.15, 0.2) is 11.5 Å². The molecule has 2 heterocycles. The maximum Gasteiger partial charge on any atom is 0.295 e. The molecule has 0 spiro atoms. The molecule has 1 saturated heterocycles. The van der Waals surface area contributed by atoms with Gasteiger partial charge in [-0.05, 0) is 54.3 Å². The topological polar surface area (TPSA) is 85.3 Å². The Hall–Kier alpha value is -4.26. The number of ether oxygens (including phenoxy) is 3. The van der Waals surface area contributed by atoms with Crippen LogP contribution in [0.2, 0.25) is 0 Å². The van der Waals surface area contributed by atoms with Gasteiger partial charge in [0.1, 0.15) is 24.7 Å². The van der Waals surface area contributed by atoms with Gasteiger partial charge in [-0.2, -0.15) is 0 Å². The van der Waals surface area contributed by atoms with Gasteiger partial charge in [0.25, 0.3) is 11.7 Å². The molecular weight excluding hydrogens is 470 g/mol. The van der Waals surface area contributed by atoms with E-state index in [4.69, 9.17) is 14.2 Å². The lowest BCUT2D eigenvalue weighted by Gasteiger charge is -2.26. The number of likely N-dealkylation sites (tertiary alicyclic amines) is 1. The third-order valence-corrected chi connectivity index (χ3v) is 6.49. The molecule has 1 atom stereocenters. The number of Topliss-reactive ketones (excluding diaryl/α,β-unsaturated/α-hetero) is 1. The average molecular weight is 500 g/mol. The Bertz CT molecular complexity index is 1330. The molecule has 0 saturated carbocycles. The van der Waals surface area contributed by atoms with Gasteiger partial charge in [-0.25, -0.2) is 0 Å². The maximum absolute atomic E-state index is 13.4. The summed E-state index contributed by atoms with van der Waals surface area (Å²) in [6.45, 7) is 3.73. The zero-order valence-electron chi connectivity index (χ0n) is 20.7. The SMILES string of the molecule is CCCOc1cccc(C2/C(=C(\O)c3ccc4c(c3)OCCO4)C(=O)C(=O)N2CCc2ccccc2)c1. The Morgan fingerprint density at radius 3 is 2.54 bits per heavy atom. The summed E-state index contributed by atoms with van der Waals surface area (Å²) in [5.74, 6) is 0.100. The molecule has 1 unspecified atom stereocenters. The standard InChI is InChI=1S/C30H29NO6/c1-2-15-35-23-10-6-9-21(18-23)27-26(28(32)22-11-12-24-25(19-22)37-17-16-36-24)29(33)30(34)31(27)14-13-20-7-4-3-5-8-20/h3-12,18-19,27,32H,2,13-17H2,1H3/b28-26+. The molecule has 0 aliphatic carbocycles. The minimum atomic E-state index is -0.762. The molecule has 1 N–H and O–H groups in total. The molecule has 1 amide bonds. The number of rotatable bonds is 8. The predicted octanol–water partition coefficient (Wildman–Crippen LogP) is 4.91. The second-order valence-electron chi connectivity index (χ2n) is 9.01. The largest absolute Gasteiger partial charge is 0.507 e. The van der Waals surface area contributed by atoms with E-state index in [9.17, 15) is 14.7 Å². The van der Waals surface area contributed by atoms with Crippen LogP contribution in [0.1, 0.15) is 36.1 Å². The highest BCUT2D eigenvalue weighted by atomic mass is 16.6. The number of carbonyl (C=O) groups excluding carboxylic acids is 2. The number of ketones is 1. The second kappa shape index (κ2) is 10.8. The number of carbonyl (C=O) groups is 2. The van der Waals surface area contributed by atoms with Crippen molar-refractivity contribution in [1.82, 2.24) is 4.90 Å². The van der Waals surface area contributed by atoms with Crippen molar-refractivity contribution in [3.8, 4) is 17.2 Å². The Morgan fingerprint density at radius 2 is 1.76 bits per heavy atom. The first-order valence-electron chi connectivity index (χ1n) is 12.5. The highest BCUT2D eigenvalue weighted by molar-refractivity contribution is 6.46. The molecular formula is C30H29NO6. The molecule has 2 aliphatic rings. The molecule has 0 bridgehead atoms. The fraction of sp³-hybridized carbons (Fsp3) is 0.267. The van der Waals surface area contributed by atoms with E-state index < -0.39 is 17.7 Å². The van der Waals surface area contributed by atoms with Crippen molar-refractivity contribution >= 4 is 17.4 Å². The first-order chi connectivity index (χ1) is 18.1. The molecule has 190 valence electrons. The van der Waals surface area contributed by atoms with Crippen LogP contribution in [0.4, 0.5) is 0 Å². The summed E-state index contributed by atoms with van der Waals surface area (Å²) in [7, 11) is 0. The van der Waals surface area contributed by atoms with Crippen molar-refractivity contribution in [2.45, 2.75) is 25.8 Å². The van der Waals surface area contributed by atoms with Crippen LogP contribution in [-0.4, -0.2) is 48.1 Å². The van der Waals surface area contributed by atoms with Gasteiger partial charge in [0, 0.05) is 12.1 Å². The van der Waals surface area contributed by atoms with Crippen LogP contribution in [0.25, 0.3) is 5.76 Å². The Morgan fingerprint density at radius 1 is 0.973 bits per heavy atom. The lowest BCUT2D eigenvalue weighted by molar-refractivity contribution is -0.139. The van der Waals surface area contributed by atoms with Gasteiger partial charge in [-0.3, -0.25) is 9.59 Å². The Kier molecular flexibility index (Phi) is 7.12. The number of benzene rings is 3. The molecule has 5 rings (SSSR count). The van der Waals surface area contributed by atoms with Crippen molar-refractivity contribution in [2.75, 3.05) is 26.4 Å². The van der Waals surface area contributed by atoms with Crippen LogP contribution in [-0.2, 0) is 16.0 Å². The third kappa shape index (κ3) is 5.03. The van der Waals surface area contributed by atoms with E-state index in [2.05, 4.69) is 0 Å². The van der Waals surface area contributed by atoms with Crippen LogP contribution in [0.15, 0.2) is 78.4 Å². The number of amides is 1. The first kappa shape index (κ1) is 24.4. The van der Waals surface area contributed by atoms with Gasteiger partial charge in [-0.15, -0.1) is 0 Å². The lowest BCUT2D eigenvalue weighted by atomic mass is 9.95. The smallest absolute Gasteiger partial charge is 0.295 e. The van der Waals surface area contributed by atoms with E-state index >= 15 is 0 Å².